The molecule has 0 heterocycles. The Kier molecular flexibility index (Phi) is 3.49. The van der Waals surface area contributed by atoms with Gasteiger partial charge in [-0.05, 0) is 42.3 Å². The van der Waals surface area contributed by atoms with Crippen LogP contribution in [0.3, 0.4) is 0 Å². The van der Waals surface area contributed by atoms with E-state index in [4.69, 9.17) is 11.0 Å². The number of hydrogen-bond donors (Lipinski definition) is 2. The molecular formula is C15H15N3. The van der Waals surface area contributed by atoms with Gasteiger partial charge in [0.2, 0.25) is 0 Å². The van der Waals surface area contributed by atoms with Crippen molar-refractivity contribution in [3.8, 4) is 6.07 Å². The van der Waals surface area contributed by atoms with Crippen molar-refractivity contribution in [3.05, 3.63) is 59.2 Å². The number of hydrogen-bond acceptors (Lipinski definition) is 3. The lowest BCUT2D eigenvalue weighted by atomic mass is 10.1. The Labute approximate surface area is 107 Å². The summed E-state index contributed by atoms with van der Waals surface area (Å²) in [5.74, 6) is 0. The van der Waals surface area contributed by atoms with Gasteiger partial charge in [0, 0.05) is 17.9 Å². The molecule has 0 radical (unpaired) electrons. The average molecular weight is 237 g/mol. The molecule has 0 aliphatic carbocycles. The monoisotopic (exact) mass is 237 g/mol. The quantitative estimate of drug-likeness (QED) is 0.806. The SMILES string of the molecule is Cc1c(N)cccc1NCc1ccc(C#N)cc1. The number of anilines is 2. The number of nitrogen functional groups attached to an aromatic ring is 1. The van der Waals surface area contributed by atoms with Crippen molar-refractivity contribution >= 4 is 11.4 Å². The van der Waals surface area contributed by atoms with E-state index >= 15 is 0 Å². The lowest BCUT2D eigenvalue weighted by molar-refractivity contribution is 1.14. The zero-order chi connectivity index (χ0) is 13.0. The summed E-state index contributed by atoms with van der Waals surface area (Å²) in [5.41, 5.74) is 10.6. The molecule has 0 spiro atoms. The van der Waals surface area contributed by atoms with Crippen LogP contribution in [0.25, 0.3) is 0 Å². The summed E-state index contributed by atoms with van der Waals surface area (Å²) in [6, 6.07) is 15.5. The highest BCUT2D eigenvalue weighted by Crippen LogP contribution is 2.21. The van der Waals surface area contributed by atoms with Crippen LogP contribution in [0.5, 0.6) is 0 Å². The highest BCUT2D eigenvalue weighted by molar-refractivity contribution is 5.62. The van der Waals surface area contributed by atoms with Gasteiger partial charge in [-0.15, -0.1) is 0 Å². The number of benzene rings is 2. The first kappa shape index (κ1) is 12.0. The molecule has 3 heteroatoms. The van der Waals surface area contributed by atoms with Crippen molar-refractivity contribution < 1.29 is 0 Å². The summed E-state index contributed by atoms with van der Waals surface area (Å²) in [6.07, 6.45) is 0. The molecule has 0 bridgehead atoms. The summed E-state index contributed by atoms with van der Waals surface area (Å²) in [5, 5.41) is 12.1. The van der Waals surface area contributed by atoms with E-state index in [0.29, 0.717) is 5.56 Å². The van der Waals surface area contributed by atoms with Crippen molar-refractivity contribution in [2.24, 2.45) is 0 Å². The maximum Gasteiger partial charge on any atom is 0.0991 e. The van der Waals surface area contributed by atoms with Crippen molar-refractivity contribution in [1.82, 2.24) is 0 Å². The molecule has 0 saturated carbocycles. The Morgan fingerprint density at radius 3 is 2.56 bits per heavy atom. The van der Waals surface area contributed by atoms with Crippen LogP contribution in [-0.4, -0.2) is 0 Å². The minimum absolute atomic E-state index is 0.680. The third-order valence-electron chi connectivity index (χ3n) is 2.94. The number of rotatable bonds is 3. The van der Waals surface area contributed by atoms with E-state index in [-0.39, 0.29) is 0 Å². The maximum atomic E-state index is 8.72. The largest absolute Gasteiger partial charge is 0.398 e. The van der Waals surface area contributed by atoms with E-state index < -0.39 is 0 Å². The molecule has 3 N–H and O–H groups in total. The molecule has 0 fully saturated rings. The van der Waals surface area contributed by atoms with Gasteiger partial charge in [-0.25, -0.2) is 0 Å². The average Bonchev–Trinajstić information content (AvgIpc) is 2.41. The molecule has 0 atom stereocenters. The van der Waals surface area contributed by atoms with Gasteiger partial charge in [-0.2, -0.15) is 5.26 Å². The number of nitrogens with two attached hydrogens (primary N) is 1. The number of nitrogens with zero attached hydrogens (tertiary/aromatic N) is 1. The van der Waals surface area contributed by atoms with Gasteiger partial charge in [0.15, 0.2) is 0 Å². The molecule has 18 heavy (non-hydrogen) atoms. The standard InChI is InChI=1S/C15H15N3/c1-11-14(17)3-2-4-15(11)18-10-13-7-5-12(9-16)6-8-13/h2-8,18H,10,17H2,1H3. The predicted molar refractivity (Wildman–Crippen MR) is 74.1 cm³/mol. The van der Waals surface area contributed by atoms with Crippen molar-refractivity contribution in [1.29, 1.82) is 5.26 Å². The van der Waals surface area contributed by atoms with Crippen LogP contribution in [0.15, 0.2) is 42.5 Å². The van der Waals surface area contributed by atoms with Crippen LogP contribution in [0.2, 0.25) is 0 Å². The highest BCUT2D eigenvalue weighted by Gasteiger charge is 2.00. The van der Waals surface area contributed by atoms with Crippen LogP contribution in [0, 0.1) is 18.3 Å². The minimum atomic E-state index is 0.680. The topological polar surface area (TPSA) is 61.8 Å². The van der Waals surface area contributed by atoms with Gasteiger partial charge in [0.1, 0.15) is 0 Å². The lowest BCUT2D eigenvalue weighted by Gasteiger charge is -2.11. The number of nitrogens with one attached hydrogen (secondary N) is 1. The first-order valence-electron chi connectivity index (χ1n) is 5.78. The lowest BCUT2D eigenvalue weighted by Crippen LogP contribution is -2.02. The van der Waals surface area contributed by atoms with E-state index in [1.54, 1.807) is 0 Å². The molecule has 2 rings (SSSR count). The fraction of sp³-hybridized carbons (Fsp3) is 0.133. The van der Waals surface area contributed by atoms with E-state index in [1.165, 1.54) is 0 Å². The minimum Gasteiger partial charge on any atom is -0.398 e. The zero-order valence-electron chi connectivity index (χ0n) is 10.3. The summed E-state index contributed by atoms with van der Waals surface area (Å²) in [7, 11) is 0. The molecule has 0 aliphatic rings. The van der Waals surface area contributed by atoms with Crippen LogP contribution in [-0.2, 0) is 6.54 Å². The van der Waals surface area contributed by atoms with Crippen LogP contribution in [0.1, 0.15) is 16.7 Å². The smallest absolute Gasteiger partial charge is 0.0991 e. The second kappa shape index (κ2) is 5.24. The predicted octanol–water partition coefficient (Wildman–Crippen LogP) is 3.06. The Morgan fingerprint density at radius 2 is 1.89 bits per heavy atom. The molecular weight excluding hydrogens is 222 g/mol. The third-order valence-corrected chi connectivity index (χ3v) is 2.94. The van der Waals surface area contributed by atoms with Crippen molar-refractivity contribution in [3.63, 3.8) is 0 Å². The van der Waals surface area contributed by atoms with Gasteiger partial charge >= 0.3 is 0 Å². The molecule has 0 unspecified atom stereocenters. The van der Waals surface area contributed by atoms with Gasteiger partial charge in [-0.3, -0.25) is 0 Å². The fourth-order valence-corrected chi connectivity index (χ4v) is 1.74. The second-order valence-electron chi connectivity index (χ2n) is 4.18. The molecule has 0 aromatic heterocycles. The highest BCUT2D eigenvalue weighted by atomic mass is 14.9. The molecule has 0 saturated heterocycles. The Morgan fingerprint density at radius 1 is 1.17 bits per heavy atom. The first-order chi connectivity index (χ1) is 8.70. The number of nitriles is 1. The molecule has 0 amide bonds. The normalized spacial score (nSPS) is 9.78. The summed E-state index contributed by atoms with van der Waals surface area (Å²) in [4.78, 5) is 0. The molecule has 90 valence electrons. The molecule has 2 aromatic carbocycles. The van der Waals surface area contributed by atoms with Crippen LogP contribution >= 0.6 is 0 Å². The van der Waals surface area contributed by atoms with Gasteiger partial charge in [0.25, 0.3) is 0 Å². The summed E-state index contributed by atoms with van der Waals surface area (Å²) >= 11 is 0. The van der Waals surface area contributed by atoms with Gasteiger partial charge < -0.3 is 11.1 Å². The van der Waals surface area contributed by atoms with E-state index in [0.717, 1.165) is 29.0 Å². The van der Waals surface area contributed by atoms with Crippen molar-refractivity contribution in [2.75, 3.05) is 11.1 Å². The Bertz CT molecular complexity index is 580. The van der Waals surface area contributed by atoms with Gasteiger partial charge in [0.05, 0.1) is 11.6 Å². The summed E-state index contributed by atoms with van der Waals surface area (Å²) in [6.45, 7) is 2.71. The third kappa shape index (κ3) is 2.61. The maximum absolute atomic E-state index is 8.72. The second-order valence-corrected chi connectivity index (χ2v) is 4.18. The van der Waals surface area contributed by atoms with Crippen molar-refractivity contribution in [2.45, 2.75) is 13.5 Å². The first-order valence-corrected chi connectivity index (χ1v) is 5.78. The van der Waals surface area contributed by atoms with Crippen LogP contribution < -0.4 is 11.1 Å². The summed E-state index contributed by atoms with van der Waals surface area (Å²) < 4.78 is 0. The van der Waals surface area contributed by atoms with E-state index in [2.05, 4.69) is 11.4 Å². The molecule has 3 nitrogen and oxygen atoms in total. The fourth-order valence-electron chi connectivity index (χ4n) is 1.74. The van der Waals surface area contributed by atoms with Gasteiger partial charge in [-0.1, -0.05) is 18.2 Å². The van der Waals surface area contributed by atoms with E-state index in [9.17, 15) is 0 Å². The van der Waals surface area contributed by atoms with Crippen LogP contribution in [0.4, 0.5) is 11.4 Å². The Balaban J connectivity index is 2.07. The molecule has 0 aliphatic heterocycles. The van der Waals surface area contributed by atoms with E-state index in [1.807, 2.05) is 49.4 Å². The molecule has 2 aromatic rings. The zero-order valence-corrected chi connectivity index (χ0v) is 10.3. The Hall–Kier alpha value is -2.47.